The second-order valence-electron chi connectivity index (χ2n) is 4.62. The molecule has 0 aromatic heterocycles. The van der Waals surface area contributed by atoms with E-state index in [-0.39, 0.29) is 10.7 Å². The Bertz CT molecular complexity index is 448. The topological polar surface area (TPSA) is 55.6 Å². The van der Waals surface area contributed by atoms with Crippen LogP contribution in [0.4, 0.5) is 5.69 Å². The standard InChI is InChI=1S/C13H17ClN2O3/c14-12-10-11(4-5-13(12)16(17)18)19-9-3-8-15-6-1-2-7-15/h4-5,10H,1-3,6-9H2. The van der Waals surface area contributed by atoms with Crippen LogP contribution in [0.1, 0.15) is 19.3 Å². The molecule has 1 aromatic rings. The van der Waals surface area contributed by atoms with Gasteiger partial charge in [0.05, 0.1) is 11.5 Å². The molecule has 1 aromatic carbocycles. The van der Waals surface area contributed by atoms with Gasteiger partial charge in [0.1, 0.15) is 10.8 Å². The highest BCUT2D eigenvalue weighted by molar-refractivity contribution is 6.32. The molecule has 0 bridgehead atoms. The second kappa shape index (κ2) is 6.73. The predicted octanol–water partition coefficient (Wildman–Crippen LogP) is 3.11. The molecular formula is C13H17ClN2O3. The molecule has 19 heavy (non-hydrogen) atoms. The van der Waals surface area contributed by atoms with Crippen molar-refractivity contribution in [2.24, 2.45) is 0 Å². The highest BCUT2D eigenvalue weighted by Crippen LogP contribution is 2.28. The molecule has 0 N–H and O–H groups in total. The predicted molar refractivity (Wildman–Crippen MR) is 73.9 cm³/mol. The molecule has 1 aliphatic heterocycles. The Kier molecular flexibility index (Phi) is 4.99. The third kappa shape index (κ3) is 4.08. The van der Waals surface area contributed by atoms with Gasteiger partial charge in [0.2, 0.25) is 0 Å². The van der Waals surface area contributed by atoms with Gasteiger partial charge in [-0.1, -0.05) is 11.6 Å². The maximum Gasteiger partial charge on any atom is 0.288 e. The number of nitrogens with zero attached hydrogens (tertiary/aromatic N) is 2. The first-order valence-corrected chi connectivity index (χ1v) is 6.84. The normalized spacial score (nSPS) is 15.6. The highest BCUT2D eigenvalue weighted by atomic mass is 35.5. The minimum Gasteiger partial charge on any atom is -0.493 e. The number of ether oxygens (including phenoxy) is 1. The van der Waals surface area contributed by atoms with Gasteiger partial charge in [-0.05, 0) is 38.4 Å². The van der Waals surface area contributed by atoms with E-state index in [0.717, 1.165) is 13.0 Å². The van der Waals surface area contributed by atoms with Crippen molar-refractivity contribution in [1.29, 1.82) is 0 Å². The molecule has 0 radical (unpaired) electrons. The van der Waals surface area contributed by atoms with Crippen molar-refractivity contribution in [3.63, 3.8) is 0 Å². The molecule has 5 nitrogen and oxygen atoms in total. The third-order valence-electron chi connectivity index (χ3n) is 3.20. The molecule has 1 saturated heterocycles. The minimum absolute atomic E-state index is 0.0916. The molecule has 1 heterocycles. The second-order valence-corrected chi connectivity index (χ2v) is 5.03. The van der Waals surface area contributed by atoms with Gasteiger partial charge in [0.25, 0.3) is 5.69 Å². The molecule has 0 atom stereocenters. The summed E-state index contributed by atoms with van der Waals surface area (Å²) in [5.74, 6) is 0.581. The van der Waals surface area contributed by atoms with Crippen molar-refractivity contribution in [3.05, 3.63) is 33.3 Å². The van der Waals surface area contributed by atoms with Crippen LogP contribution in [-0.2, 0) is 0 Å². The molecule has 1 aliphatic rings. The van der Waals surface area contributed by atoms with E-state index in [2.05, 4.69) is 4.90 Å². The highest BCUT2D eigenvalue weighted by Gasteiger charge is 2.13. The van der Waals surface area contributed by atoms with Gasteiger partial charge in [-0.2, -0.15) is 0 Å². The van der Waals surface area contributed by atoms with E-state index in [9.17, 15) is 10.1 Å². The van der Waals surface area contributed by atoms with E-state index >= 15 is 0 Å². The summed E-state index contributed by atoms with van der Waals surface area (Å²) in [7, 11) is 0. The molecule has 2 rings (SSSR count). The summed E-state index contributed by atoms with van der Waals surface area (Å²) in [5, 5.41) is 10.7. The van der Waals surface area contributed by atoms with Gasteiger partial charge < -0.3 is 9.64 Å². The van der Waals surface area contributed by atoms with Crippen LogP contribution in [0.25, 0.3) is 0 Å². The smallest absolute Gasteiger partial charge is 0.288 e. The number of nitro benzene ring substituents is 1. The van der Waals surface area contributed by atoms with Crippen LogP contribution >= 0.6 is 11.6 Å². The van der Waals surface area contributed by atoms with Crippen molar-refractivity contribution < 1.29 is 9.66 Å². The maximum absolute atomic E-state index is 10.6. The fourth-order valence-corrected chi connectivity index (χ4v) is 2.45. The molecule has 0 amide bonds. The Morgan fingerprint density at radius 2 is 2.11 bits per heavy atom. The number of rotatable bonds is 6. The van der Waals surface area contributed by atoms with Crippen LogP contribution in [0.5, 0.6) is 5.75 Å². The van der Waals surface area contributed by atoms with Crippen LogP contribution < -0.4 is 4.74 Å². The fraction of sp³-hybridized carbons (Fsp3) is 0.538. The summed E-state index contributed by atoms with van der Waals surface area (Å²) in [6.07, 6.45) is 3.53. The lowest BCUT2D eigenvalue weighted by Crippen LogP contribution is -2.21. The first-order valence-electron chi connectivity index (χ1n) is 6.46. The van der Waals surface area contributed by atoms with E-state index in [1.165, 1.54) is 38.1 Å². The maximum atomic E-state index is 10.6. The molecule has 1 fully saturated rings. The lowest BCUT2D eigenvalue weighted by Gasteiger charge is -2.14. The van der Waals surface area contributed by atoms with E-state index in [0.29, 0.717) is 12.4 Å². The molecule has 0 unspecified atom stereocenters. The van der Waals surface area contributed by atoms with Gasteiger partial charge in [0, 0.05) is 18.7 Å². The number of benzene rings is 1. The fourth-order valence-electron chi connectivity index (χ4n) is 2.21. The summed E-state index contributed by atoms with van der Waals surface area (Å²) >= 11 is 5.81. The zero-order valence-electron chi connectivity index (χ0n) is 10.7. The van der Waals surface area contributed by atoms with E-state index < -0.39 is 4.92 Å². The van der Waals surface area contributed by atoms with Gasteiger partial charge >= 0.3 is 0 Å². The summed E-state index contributed by atoms with van der Waals surface area (Å²) in [4.78, 5) is 12.5. The summed E-state index contributed by atoms with van der Waals surface area (Å²) in [6.45, 7) is 4.01. The summed E-state index contributed by atoms with van der Waals surface area (Å²) in [5.41, 5.74) is -0.0916. The molecule has 0 spiro atoms. The van der Waals surface area contributed by atoms with Crippen molar-refractivity contribution in [1.82, 2.24) is 4.90 Å². The van der Waals surface area contributed by atoms with Crippen LogP contribution in [-0.4, -0.2) is 36.1 Å². The first-order chi connectivity index (χ1) is 9.16. The Morgan fingerprint density at radius 1 is 1.37 bits per heavy atom. The third-order valence-corrected chi connectivity index (χ3v) is 3.50. The van der Waals surface area contributed by atoms with Crippen molar-refractivity contribution in [2.45, 2.75) is 19.3 Å². The molecule has 104 valence electrons. The van der Waals surface area contributed by atoms with E-state index in [1.807, 2.05) is 0 Å². The average Bonchev–Trinajstić information content (AvgIpc) is 2.87. The van der Waals surface area contributed by atoms with Crippen LogP contribution in [0, 0.1) is 10.1 Å². The van der Waals surface area contributed by atoms with Gasteiger partial charge in [0.15, 0.2) is 0 Å². The SMILES string of the molecule is O=[N+]([O-])c1ccc(OCCCN2CCCC2)cc1Cl. The zero-order valence-corrected chi connectivity index (χ0v) is 11.4. The van der Waals surface area contributed by atoms with E-state index in [4.69, 9.17) is 16.3 Å². The van der Waals surface area contributed by atoms with Crippen molar-refractivity contribution in [3.8, 4) is 5.75 Å². The largest absolute Gasteiger partial charge is 0.493 e. The number of hydrogen-bond acceptors (Lipinski definition) is 4. The van der Waals surface area contributed by atoms with Gasteiger partial charge in [-0.25, -0.2) is 0 Å². The summed E-state index contributed by atoms with van der Waals surface area (Å²) < 4.78 is 5.55. The van der Waals surface area contributed by atoms with Crippen molar-refractivity contribution >= 4 is 17.3 Å². The Labute approximate surface area is 117 Å². The molecule has 0 aliphatic carbocycles. The number of nitro groups is 1. The minimum atomic E-state index is -0.501. The monoisotopic (exact) mass is 284 g/mol. The quantitative estimate of drug-likeness (QED) is 0.457. The number of likely N-dealkylation sites (tertiary alicyclic amines) is 1. The Hall–Kier alpha value is -1.33. The van der Waals surface area contributed by atoms with Gasteiger partial charge in [-0.3, -0.25) is 10.1 Å². The zero-order chi connectivity index (χ0) is 13.7. The molecule has 6 heteroatoms. The van der Waals surface area contributed by atoms with E-state index in [1.54, 1.807) is 6.07 Å². The molecule has 0 saturated carbocycles. The van der Waals surface area contributed by atoms with Gasteiger partial charge in [-0.15, -0.1) is 0 Å². The first kappa shape index (κ1) is 14.1. The Morgan fingerprint density at radius 3 is 2.74 bits per heavy atom. The van der Waals surface area contributed by atoms with Crippen LogP contribution in [0.2, 0.25) is 5.02 Å². The lowest BCUT2D eigenvalue weighted by atomic mass is 10.3. The number of hydrogen-bond donors (Lipinski definition) is 0. The van der Waals surface area contributed by atoms with Crippen molar-refractivity contribution in [2.75, 3.05) is 26.2 Å². The average molecular weight is 285 g/mol. The number of halogens is 1. The molecular weight excluding hydrogens is 268 g/mol. The summed E-state index contributed by atoms with van der Waals surface area (Å²) in [6, 6.07) is 4.45. The van der Waals surface area contributed by atoms with Crippen LogP contribution in [0.3, 0.4) is 0 Å². The lowest BCUT2D eigenvalue weighted by molar-refractivity contribution is -0.384. The Balaban J connectivity index is 1.76. The van der Waals surface area contributed by atoms with Crippen LogP contribution in [0.15, 0.2) is 18.2 Å².